The van der Waals surface area contributed by atoms with Gasteiger partial charge in [-0.25, -0.2) is 0 Å². The third-order valence-corrected chi connectivity index (χ3v) is 3.68. The van der Waals surface area contributed by atoms with Gasteiger partial charge in [0.05, 0.1) is 17.8 Å². The van der Waals surface area contributed by atoms with Crippen LogP contribution in [-0.2, 0) is 0 Å². The van der Waals surface area contributed by atoms with E-state index >= 15 is 0 Å². The van der Waals surface area contributed by atoms with E-state index in [0.717, 1.165) is 15.5 Å². The Morgan fingerprint density at radius 1 is 1.18 bits per heavy atom. The lowest BCUT2D eigenvalue weighted by molar-refractivity contribution is 0.413. The maximum Gasteiger partial charge on any atom is 0.119 e. The van der Waals surface area contributed by atoms with Gasteiger partial charge in [0.25, 0.3) is 0 Å². The average Bonchev–Trinajstić information content (AvgIpc) is 2.35. The van der Waals surface area contributed by atoms with Crippen LogP contribution in [0.1, 0.15) is 0 Å². The van der Waals surface area contributed by atoms with Crippen molar-refractivity contribution in [2.75, 3.05) is 12.8 Å². The molecule has 0 radical (unpaired) electrons. The molecule has 0 unspecified atom stereocenters. The number of hydrogen-bond acceptors (Lipinski definition) is 3. The average molecular weight is 266 g/mol. The molecule has 0 amide bonds. The van der Waals surface area contributed by atoms with E-state index in [0.29, 0.717) is 10.7 Å². The predicted octanol–water partition coefficient (Wildman–Crippen LogP) is 4.08. The van der Waals surface area contributed by atoms with Crippen LogP contribution in [0.3, 0.4) is 0 Å². The molecule has 2 rings (SSSR count). The highest BCUT2D eigenvalue weighted by atomic mass is 35.5. The molecule has 2 aromatic carbocycles. The molecule has 0 aromatic heterocycles. The molecule has 0 aliphatic rings. The van der Waals surface area contributed by atoms with Gasteiger partial charge in [-0.05, 0) is 30.3 Å². The van der Waals surface area contributed by atoms with E-state index in [9.17, 15) is 0 Å². The second kappa shape index (κ2) is 5.34. The van der Waals surface area contributed by atoms with Gasteiger partial charge in [-0.15, -0.1) is 0 Å². The number of ether oxygens (including phenoxy) is 1. The third kappa shape index (κ3) is 2.87. The number of anilines is 1. The summed E-state index contributed by atoms with van der Waals surface area (Å²) in [5.41, 5.74) is 6.53. The second-order valence-corrected chi connectivity index (χ2v) is 4.96. The number of nitrogens with two attached hydrogens (primary N) is 1. The molecule has 0 fully saturated rings. The van der Waals surface area contributed by atoms with Crippen LogP contribution < -0.4 is 10.5 Å². The molecular weight excluding hydrogens is 254 g/mol. The van der Waals surface area contributed by atoms with Gasteiger partial charge in [-0.1, -0.05) is 35.5 Å². The lowest BCUT2D eigenvalue weighted by Gasteiger charge is -2.07. The van der Waals surface area contributed by atoms with Crippen LogP contribution in [0, 0.1) is 0 Å². The number of halogens is 1. The van der Waals surface area contributed by atoms with Crippen LogP contribution in [0.2, 0.25) is 5.02 Å². The zero-order chi connectivity index (χ0) is 12.3. The Morgan fingerprint density at radius 2 is 1.94 bits per heavy atom. The minimum atomic E-state index is 0.581. The molecule has 0 spiro atoms. The first-order valence-electron chi connectivity index (χ1n) is 5.06. The molecule has 2 nitrogen and oxygen atoms in total. The molecule has 0 saturated heterocycles. The Balaban J connectivity index is 2.28. The molecule has 17 heavy (non-hydrogen) atoms. The first kappa shape index (κ1) is 12.1. The van der Waals surface area contributed by atoms with Gasteiger partial charge < -0.3 is 10.5 Å². The van der Waals surface area contributed by atoms with Crippen molar-refractivity contribution in [3.05, 3.63) is 47.5 Å². The highest BCUT2D eigenvalue weighted by Gasteiger charge is 2.05. The summed E-state index contributed by atoms with van der Waals surface area (Å²) in [4.78, 5) is 2.02. The summed E-state index contributed by atoms with van der Waals surface area (Å²) in [6, 6.07) is 13.4. The van der Waals surface area contributed by atoms with Gasteiger partial charge in [0, 0.05) is 9.79 Å². The van der Waals surface area contributed by atoms with Crippen molar-refractivity contribution in [1.29, 1.82) is 0 Å². The Morgan fingerprint density at radius 3 is 2.71 bits per heavy atom. The molecule has 2 aromatic rings. The second-order valence-electron chi connectivity index (χ2n) is 3.43. The molecule has 0 aliphatic heterocycles. The molecule has 0 bridgehead atoms. The maximum absolute atomic E-state index is 5.98. The number of hydrogen-bond donors (Lipinski definition) is 1. The van der Waals surface area contributed by atoms with Crippen molar-refractivity contribution in [1.82, 2.24) is 0 Å². The Bertz CT molecular complexity index is 531. The van der Waals surface area contributed by atoms with Crippen molar-refractivity contribution < 1.29 is 4.74 Å². The van der Waals surface area contributed by atoms with Crippen molar-refractivity contribution in [3.63, 3.8) is 0 Å². The number of nitrogen functional groups attached to an aromatic ring is 1. The topological polar surface area (TPSA) is 35.2 Å². The van der Waals surface area contributed by atoms with E-state index in [2.05, 4.69) is 0 Å². The Kier molecular flexibility index (Phi) is 3.82. The molecule has 0 atom stereocenters. The summed E-state index contributed by atoms with van der Waals surface area (Å²) in [7, 11) is 1.65. The molecule has 0 saturated carbocycles. The first-order valence-corrected chi connectivity index (χ1v) is 6.26. The Labute approximate surface area is 110 Å². The lowest BCUT2D eigenvalue weighted by atomic mass is 10.3. The normalized spacial score (nSPS) is 10.2. The predicted molar refractivity (Wildman–Crippen MR) is 73.0 cm³/mol. The van der Waals surface area contributed by atoms with E-state index in [1.165, 1.54) is 0 Å². The summed E-state index contributed by atoms with van der Waals surface area (Å²) in [5, 5.41) is 0.581. The minimum absolute atomic E-state index is 0.581. The van der Waals surface area contributed by atoms with E-state index in [4.69, 9.17) is 22.1 Å². The number of methoxy groups -OCH3 is 1. The van der Waals surface area contributed by atoms with Crippen molar-refractivity contribution in [3.8, 4) is 5.75 Å². The molecule has 2 N–H and O–H groups in total. The largest absolute Gasteiger partial charge is 0.497 e. The van der Waals surface area contributed by atoms with E-state index in [1.807, 2.05) is 36.4 Å². The fourth-order valence-electron chi connectivity index (χ4n) is 1.40. The Hall–Kier alpha value is -1.32. The van der Waals surface area contributed by atoms with Gasteiger partial charge in [-0.3, -0.25) is 0 Å². The van der Waals surface area contributed by atoms with Gasteiger partial charge in [0.2, 0.25) is 0 Å². The summed E-state index contributed by atoms with van der Waals surface area (Å²) < 4.78 is 5.18. The maximum atomic E-state index is 5.98. The van der Waals surface area contributed by atoms with E-state index in [1.54, 1.807) is 24.9 Å². The van der Waals surface area contributed by atoms with Crippen LogP contribution in [0.15, 0.2) is 52.3 Å². The molecular formula is C13H12ClNOS. The van der Waals surface area contributed by atoms with Gasteiger partial charge in [0.15, 0.2) is 0 Å². The van der Waals surface area contributed by atoms with Gasteiger partial charge in [-0.2, -0.15) is 0 Å². The van der Waals surface area contributed by atoms with Crippen LogP contribution in [0.5, 0.6) is 5.75 Å². The summed E-state index contributed by atoms with van der Waals surface area (Å²) in [5.74, 6) is 0.829. The quantitative estimate of drug-likeness (QED) is 0.850. The van der Waals surface area contributed by atoms with Crippen molar-refractivity contribution >= 4 is 29.1 Å². The number of para-hydroxylation sites is 1. The fraction of sp³-hybridized carbons (Fsp3) is 0.0769. The molecule has 0 aliphatic carbocycles. The highest BCUT2D eigenvalue weighted by molar-refractivity contribution is 7.99. The smallest absolute Gasteiger partial charge is 0.119 e. The molecule has 88 valence electrons. The monoisotopic (exact) mass is 265 g/mol. The number of rotatable bonds is 3. The summed E-state index contributed by atoms with van der Waals surface area (Å²) in [6.07, 6.45) is 0. The molecule has 0 heterocycles. The first-order chi connectivity index (χ1) is 8.20. The van der Waals surface area contributed by atoms with Crippen LogP contribution >= 0.6 is 23.4 Å². The summed E-state index contributed by atoms with van der Waals surface area (Å²) in [6.45, 7) is 0. The zero-order valence-electron chi connectivity index (χ0n) is 9.31. The highest BCUT2D eigenvalue weighted by Crippen LogP contribution is 2.36. The minimum Gasteiger partial charge on any atom is -0.497 e. The van der Waals surface area contributed by atoms with Crippen LogP contribution in [0.25, 0.3) is 0 Å². The standard InChI is InChI=1S/C13H12ClNOS/c1-16-9-4-2-5-10(8-9)17-12-7-3-6-11(14)13(12)15/h2-8H,15H2,1H3. The van der Waals surface area contributed by atoms with Crippen LogP contribution in [-0.4, -0.2) is 7.11 Å². The summed E-state index contributed by atoms with van der Waals surface area (Å²) >= 11 is 7.54. The number of benzene rings is 2. The third-order valence-electron chi connectivity index (χ3n) is 2.28. The van der Waals surface area contributed by atoms with Gasteiger partial charge in [0.1, 0.15) is 5.75 Å². The van der Waals surface area contributed by atoms with E-state index < -0.39 is 0 Å². The molecule has 4 heteroatoms. The van der Waals surface area contributed by atoms with Crippen molar-refractivity contribution in [2.24, 2.45) is 0 Å². The van der Waals surface area contributed by atoms with Gasteiger partial charge >= 0.3 is 0 Å². The lowest BCUT2D eigenvalue weighted by Crippen LogP contribution is -1.89. The SMILES string of the molecule is COc1cccc(Sc2cccc(Cl)c2N)c1. The van der Waals surface area contributed by atoms with Crippen LogP contribution in [0.4, 0.5) is 5.69 Å². The van der Waals surface area contributed by atoms with E-state index in [-0.39, 0.29) is 0 Å². The zero-order valence-corrected chi connectivity index (χ0v) is 10.9. The van der Waals surface area contributed by atoms with Crippen molar-refractivity contribution in [2.45, 2.75) is 9.79 Å². The fourth-order valence-corrected chi connectivity index (χ4v) is 2.57.